The van der Waals surface area contributed by atoms with E-state index in [9.17, 15) is 9.59 Å². The normalized spacial score (nSPS) is 14.9. The number of hydrogen-bond donors (Lipinski definition) is 0. The molecular weight excluding hydrogens is 565 g/mol. The van der Waals surface area contributed by atoms with E-state index in [1.54, 1.807) is 30.2 Å². The zero-order valence-corrected chi connectivity index (χ0v) is 25.0. The number of rotatable bonds is 7. The fourth-order valence-electron chi connectivity index (χ4n) is 5.06. The summed E-state index contributed by atoms with van der Waals surface area (Å²) in [6.45, 7) is 3.79. The Hall–Kier alpha value is -4.47. The molecule has 2 aromatic heterocycles. The smallest absolute Gasteiger partial charge is 0.338 e. The van der Waals surface area contributed by atoms with Crippen molar-refractivity contribution in [3.05, 3.63) is 133 Å². The number of ether oxygens (including phenoxy) is 1. The third-order valence-electron chi connectivity index (χ3n) is 7.05. The molecule has 6 rings (SSSR count). The van der Waals surface area contributed by atoms with Gasteiger partial charge in [0.15, 0.2) is 4.80 Å². The average Bonchev–Trinajstić information content (AvgIpc) is 3.58. The van der Waals surface area contributed by atoms with Gasteiger partial charge in [-0.2, -0.15) is 5.10 Å². The lowest BCUT2D eigenvalue weighted by Gasteiger charge is -2.24. The van der Waals surface area contributed by atoms with Crippen molar-refractivity contribution in [2.45, 2.75) is 24.8 Å². The van der Waals surface area contributed by atoms with E-state index >= 15 is 0 Å². The number of hydrogen-bond acceptors (Lipinski definition) is 7. The molecule has 3 aromatic carbocycles. The van der Waals surface area contributed by atoms with Crippen LogP contribution in [0.5, 0.6) is 0 Å². The molecule has 3 heterocycles. The third kappa shape index (κ3) is 5.17. The van der Waals surface area contributed by atoms with E-state index in [0.717, 1.165) is 33.0 Å². The molecule has 5 aromatic rings. The molecule has 0 saturated heterocycles. The van der Waals surface area contributed by atoms with Crippen LogP contribution in [0.25, 0.3) is 23.0 Å². The quantitative estimate of drug-likeness (QED) is 0.188. The first-order chi connectivity index (χ1) is 20.5. The van der Waals surface area contributed by atoms with Gasteiger partial charge >= 0.3 is 5.97 Å². The van der Waals surface area contributed by atoms with Crippen LogP contribution in [0, 0.1) is 0 Å². The van der Waals surface area contributed by atoms with Crippen LogP contribution in [0.2, 0.25) is 0 Å². The molecule has 1 unspecified atom stereocenters. The van der Waals surface area contributed by atoms with Crippen LogP contribution in [-0.2, 0) is 9.53 Å². The summed E-state index contributed by atoms with van der Waals surface area (Å²) in [5, 5.41) is 4.89. The minimum atomic E-state index is -0.654. The maximum Gasteiger partial charge on any atom is 0.338 e. The minimum Gasteiger partial charge on any atom is -0.463 e. The lowest BCUT2D eigenvalue weighted by atomic mass is 9.96. The van der Waals surface area contributed by atoms with Crippen molar-refractivity contribution in [3.8, 4) is 16.9 Å². The van der Waals surface area contributed by atoms with Crippen molar-refractivity contribution in [1.82, 2.24) is 14.3 Å². The van der Waals surface area contributed by atoms with Crippen molar-refractivity contribution < 1.29 is 9.53 Å². The second-order valence-electron chi connectivity index (χ2n) is 9.65. The number of thiazole rings is 1. The van der Waals surface area contributed by atoms with Gasteiger partial charge in [-0.25, -0.2) is 14.5 Å². The molecule has 210 valence electrons. The van der Waals surface area contributed by atoms with Crippen LogP contribution in [-0.4, -0.2) is 33.2 Å². The molecule has 0 saturated carbocycles. The molecule has 1 aliphatic heterocycles. The van der Waals surface area contributed by atoms with Crippen LogP contribution >= 0.6 is 23.1 Å². The Morgan fingerprint density at radius 1 is 1.02 bits per heavy atom. The molecule has 42 heavy (non-hydrogen) atoms. The number of allylic oxidation sites excluding steroid dienone is 1. The van der Waals surface area contributed by atoms with Crippen molar-refractivity contribution >= 4 is 35.1 Å². The largest absolute Gasteiger partial charge is 0.463 e. The van der Waals surface area contributed by atoms with Gasteiger partial charge < -0.3 is 4.74 Å². The summed E-state index contributed by atoms with van der Waals surface area (Å²) < 4.78 is 9.37. The number of esters is 1. The van der Waals surface area contributed by atoms with Gasteiger partial charge in [0, 0.05) is 22.2 Å². The van der Waals surface area contributed by atoms with E-state index in [0.29, 0.717) is 20.6 Å². The van der Waals surface area contributed by atoms with Crippen molar-refractivity contribution in [1.29, 1.82) is 0 Å². The highest BCUT2D eigenvalue weighted by Gasteiger charge is 2.33. The monoisotopic (exact) mass is 592 g/mol. The summed E-state index contributed by atoms with van der Waals surface area (Å²) in [5.41, 5.74) is 4.93. The number of nitrogens with zero attached hydrogens (tertiary/aromatic N) is 4. The minimum absolute atomic E-state index is 0.224. The van der Waals surface area contributed by atoms with Crippen LogP contribution in [0.15, 0.2) is 117 Å². The van der Waals surface area contributed by atoms with E-state index in [1.165, 1.54) is 11.3 Å². The molecule has 0 radical (unpaired) electrons. The Morgan fingerprint density at radius 3 is 2.38 bits per heavy atom. The summed E-state index contributed by atoms with van der Waals surface area (Å²) in [6.07, 6.45) is 5.81. The standard InChI is InChI=1S/C33H28N4O3S2/c1-4-40-32(39)28-21(2)34-33-37(30(28)23-15-17-26(41-3)18-16-23)31(38)27(42-33)19-24-20-36(25-13-9-6-10-14-25)35-29(24)22-11-7-5-8-12-22/h5-20,30H,4H2,1-3H3. The van der Waals surface area contributed by atoms with Crippen molar-refractivity contribution in [3.63, 3.8) is 0 Å². The first-order valence-corrected chi connectivity index (χ1v) is 15.6. The number of aromatic nitrogens is 3. The molecule has 0 spiro atoms. The first-order valence-electron chi connectivity index (χ1n) is 13.5. The summed E-state index contributed by atoms with van der Waals surface area (Å²) in [4.78, 5) is 33.7. The second-order valence-corrected chi connectivity index (χ2v) is 11.5. The van der Waals surface area contributed by atoms with Gasteiger partial charge in [0.25, 0.3) is 5.56 Å². The highest BCUT2D eigenvalue weighted by Crippen LogP contribution is 2.32. The molecule has 0 fully saturated rings. The van der Waals surface area contributed by atoms with Gasteiger partial charge in [0.05, 0.1) is 39.8 Å². The van der Waals surface area contributed by atoms with Crippen LogP contribution < -0.4 is 14.9 Å². The summed E-state index contributed by atoms with van der Waals surface area (Å²) in [5.74, 6) is -0.470. The molecule has 0 amide bonds. The Kier molecular flexibility index (Phi) is 7.78. The van der Waals surface area contributed by atoms with Gasteiger partial charge in [0.2, 0.25) is 0 Å². The van der Waals surface area contributed by atoms with Gasteiger partial charge in [-0.1, -0.05) is 72.0 Å². The Morgan fingerprint density at radius 2 is 1.71 bits per heavy atom. The van der Waals surface area contributed by atoms with E-state index in [4.69, 9.17) is 14.8 Å². The predicted molar refractivity (Wildman–Crippen MR) is 168 cm³/mol. The topological polar surface area (TPSA) is 78.5 Å². The summed E-state index contributed by atoms with van der Waals surface area (Å²) in [7, 11) is 0. The van der Waals surface area contributed by atoms with Crippen LogP contribution in [0.1, 0.15) is 31.0 Å². The Labute approximate surface area is 251 Å². The Balaban J connectivity index is 1.55. The SMILES string of the molecule is CCOC(=O)C1=C(C)N=c2sc(=Cc3cn(-c4ccccc4)nc3-c3ccccc3)c(=O)n2C1c1ccc(SC)cc1. The maximum absolute atomic E-state index is 14.2. The fraction of sp³-hybridized carbons (Fsp3) is 0.152. The number of fused-ring (bicyclic) bond motifs is 1. The third-order valence-corrected chi connectivity index (χ3v) is 8.77. The maximum atomic E-state index is 14.2. The van der Waals surface area contributed by atoms with Crippen molar-refractivity contribution in [2.24, 2.45) is 4.99 Å². The van der Waals surface area contributed by atoms with Gasteiger partial charge in [-0.05, 0) is 56.0 Å². The fourth-order valence-corrected chi connectivity index (χ4v) is 6.51. The predicted octanol–water partition coefficient (Wildman–Crippen LogP) is 5.37. The number of carbonyl (C=O) groups is 1. The first kappa shape index (κ1) is 27.7. The zero-order valence-electron chi connectivity index (χ0n) is 23.4. The molecule has 1 atom stereocenters. The zero-order chi connectivity index (χ0) is 29.2. The van der Waals surface area contributed by atoms with Crippen LogP contribution in [0.3, 0.4) is 0 Å². The molecule has 1 aliphatic rings. The van der Waals surface area contributed by atoms with Crippen LogP contribution in [0.4, 0.5) is 0 Å². The highest BCUT2D eigenvalue weighted by molar-refractivity contribution is 7.98. The van der Waals surface area contributed by atoms with Gasteiger partial charge in [-0.15, -0.1) is 11.8 Å². The van der Waals surface area contributed by atoms with Gasteiger partial charge in [-0.3, -0.25) is 9.36 Å². The average molecular weight is 593 g/mol. The lowest BCUT2D eigenvalue weighted by Crippen LogP contribution is -2.39. The Bertz CT molecular complexity index is 1970. The molecule has 7 nitrogen and oxygen atoms in total. The van der Waals surface area contributed by atoms with E-state index < -0.39 is 12.0 Å². The van der Waals surface area contributed by atoms with E-state index in [1.807, 2.05) is 108 Å². The molecule has 9 heteroatoms. The number of thioether (sulfide) groups is 1. The molecular formula is C33H28N4O3S2. The summed E-state index contributed by atoms with van der Waals surface area (Å²) in [6, 6.07) is 27.0. The lowest BCUT2D eigenvalue weighted by molar-refractivity contribution is -0.139. The van der Waals surface area contributed by atoms with E-state index in [2.05, 4.69) is 0 Å². The highest BCUT2D eigenvalue weighted by atomic mass is 32.2. The molecule has 0 aliphatic carbocycles. The van der Waals surface area contributed by atoms with E-state index in [-0.39, 0.29) is 12.2 Å². The molecule has 0 N–H and O–H groups in total. The molecule has 0 bridgehead atoms. The number of para-hydroxylation sites is 1. The number of carbonyl (C=O) groups excluding carboxylic acids is 1. The second kappa shape index (κ2) is 11.8. The summed E-state index contributed by atoms with van der Waals surface area (Å²) >= 11 is 2.94. The van der Waals surface area contributed by atoms with Gasteiger partial charge in [0.1, 0.15) is 0 Å². The number of benzene rings is 3. The van der Waals surface area contributed by atoms with Crippen molar-refractivity contribution in [2.75, 3.05) is 12.9 Å².